The number of rotatable bonds is 2. The molecule has 0 spiro atoms. The third kappa shape index (κ3) is 2.09. The van der Waals surface area contributed by atoms with Gasteiger partial charge in [0.25, 0.3) is 0 Å². The quantitative estimate of drug-likeness (QED) is 0.587. The van der Waals surface area contributed by atoms with Crippen LogP contribution in [0.3, 0.4) is 0 Å². The van der Waals surface area contributed by atoms with Crippen molar-refractivity contribution in [1.29, 1.82) is 0 Å². The Labute approximate surface area is 64.9 Å². The summed E-state index contributed by atoms with van der Waals surface area (Å²) in [5.41, 5.74) is 0. The molecule has 0 unspecified atom stereocenters. The smallest absolute Gasteiger partial charge is 0.104 e. The van der Waals surface area contributed by atoms with E-state index in [-0.39, 0.29) is 18.8 Å². The zero-order valence-electron chi connectivity index (χ0n) is 5.62. The Balaban J connectivity index is 2.25. The topological polar surface area (TPSA) is 38.7 Å². The third-order valence-electron chi connectivity index (χ3n) is 1.37. The van der Waals surface area contributed by atoms with Crippen LogP contribution in [0.25, 0.3) is 0 Å². The maximum atomic E-state index is 8.66. The first kappa shape index (κ1) is 8.27. The van der Waals surface area contributed by atoms with Crippen LogP contribution in [0.4, 0.5) is 0 Å². The lowest BCUT2D eigenvalue weighted by Gasteiger charge is -2.27. The molecule has 1 rings (SSSR count). The van der Waals surface area contributed by atoms with Crippen LogP contribution in [-0.4, -0.2) is 43.0 Å². The van der Waals surface area contributed by atoms with E-state index in [2.05, 4.69) is 0 Å². The van der Waals surface area contributed by atoms with Gasteiger partial charge in [-0.25, -0.2) is 0 Å². The summed E-state index contributed by atoms with van der Waals surface area (Å²) in [6, 6.07) is 0. The van der Waals surface area contributed by atoms with E-state index in [4.69, 9.17) is 26.2 Å². The highest BCUT2D eigenvalue weighted by molar-refractivity contribution is 6.18. The van der Waals surface area contributed by atoms with E-state index in [0.717, 1.165) is 0 Å². The van der Waals surface area contributed by atoms with Gasteiger partial charge in [0.05, 0.1) is 31.8 Å². The molecular formula is C6H11ClO3. The summed E-state index contributed by atoms with van der Waals surface area (Å²) in [4.78, 5) is 0. The second kappa shape index (κ2) is 4.13. The maximum Gasteiger partial charge on any atom is 0.104 e. The van der Waals surface area contributed by atoms with Crippen LogP contribution in [0, 0.1) is 0 Å². The van der Waals surface area contributed by atoms with Crippen LogP contribution in [0.5, 0.6) is 0 Å². The molecule has 1 N–H and O–H groups in total. The molecule has 1 saturated heterocycles. The fraction of sp³-hybridized carbons (Fsp3) is 1.00. The second-order valence-electron chi connectivity index (χ2n) is 2.25. The highest BCUT2D eigenvalue weighted by atomic mass is 35.5. The fourth-order valence-corrected chi connectivity index (χ4v) is 1.02. The Kier molecular flexibility index (Phi) is 3.42. The van der Waals surface area contributed by atoms with E-state index in [0.29, 0.717) is 19.1 Å². The first-order valence-electron chi connectivity index (χ1n) is 3.27. The van der Waals surface area contributed by atoms with Gasteiger partial charge in [0.2, 0.25) is 0 Å². The molecule has 0 saturated carbocycles. The maximum absolute atomic E-state index is 8.66. The zero-order chi connectivity index (χ0) is 7.40. The summed E-state index contributed by atoms with van der Waals surface area (Å²) in [6.07, 6.45) is -0.231. The van der Waals surface area contributed by atoms with Crippen molar-refractivity contribution in [2.24, 2.45) is 0 Å². The molecule has 0 amide bonds. The average Bonchev–Trinajstić information content (AvgIpc) is 2.05. The fourth-order valence-electron chi connectivity index (χ4n) is 0.858. The molecule has 1 aliphatic heterocycles. The summed E-state index contributed by atoms with van der Waals surface area (Å²) in [5.74, 6) is 0.427. The zero-order valence-corrected chi connectivity index (χ0v) is 6.38. The Bertz CT molecular complexity index is 89.0. The number of aliphatic hydroxyl groups excluding tert-OH is 1. The number of aliphatic hydroxyl groups is 1. The van der Waals surface area contributed by atoms with Crippen molar-refractivity contribution in [2.75, 3.05) is 25.7 Å². The Hall–Kier alpha value is 0.170. The van der Waals surface area contributed by atoms with Gasteiger partial charge in [0.15, 0.2) is 0 Å². The van der Waals surface area contributed by atoms with E-state index in [1.54, 1.807) is 0 Å². The minimum Gasteiger partial charge on any atom is -0.394 e. The van der Waals surface area contributed by atoms with Crippen LogP contribution >= 0.6 is 11.6 Å². The molecule has 60 valence electrons. The predicted molar refractivity (Wildman–Crippen MR) is 37.3 cm³/mol. The lowest BCUT2D eigenvalue weighted by Crippen LogP contribution is -2.39. The summed E-state index contributed by atoms with van der Waals surface area (Å²) in [5, 5.41) is 8.66. The highest BCUT2D eigenvalue weighted by Gasteiger charge is 2.20. The SMILES string of the molecule is OC[C@H]1COC[C@H](CCl)O1. The van der Waals surface area contributed by atoms with E-state index in [9.17, 15) is 0 Å². The predicted octanol–water partition coefficient (Wildman–Crippen LogP) is 0.00150. The number of hydrogen-bond donors (Lipinski definition) is 1. The minimum absolute atomic E-state index is 0.00733. The lowest BCUT2D eigenvalue weighted by molar-refractivity contribution is -0.142. The van der Waals surface area contributed by atoms with E-state index < -0.39 is 0 Å². The Morgan fingerprint density at radius 2 is 2.10 bits per heavy atom. The first-order valence-corrected chi connectivity index (χ1v) is 3.80. The number of hydrogen-bond acceptors (Lipinski definition) is 3. The largest absolute Gasteiger partial charge is 0.394 e. The van der Waals surface area contributed by atoms with Gasteiger partial charge in [-0.05, 0) is 0 Å². The van der Waals surface area contributed by atoms with Crippen LogP contribution in [0.2, 0.25) is 0 Å². The van der Waals surface area contributed by atoms with Crippen molar-refractivity contribution in [3.63, 3.8) is 0 Å². The van der Waals surface area contributed by atoms with Gasteiger partial charge in [-0.2, -0.15) is 0 Å². The van der Waals surface area contributed by atoms with Gasteiger partial charge >= 0.3 is 0 Å². The number of halogens is 1. The molecule has 1 aliphatic rings. The van der Waals surface area contributed by atoms with Crippen molar-refractivity contribution < 1.29 is 14.6 Å². The van der Waals surface area contributed by atoms with Gasteiger partial charge in [-0.15, -0.1) is 11.6 Å². The molecule has 0 bridgehead atoms. The molecule has 2 atom stereocenters. The normalized spacial score (nSPS) is 34.2. The second-order valence-corrected chi connectivity index (χ2v) is 2.56. The van der Waals surface area contributed by atoms with Crippen molar-refractivity contribution in [3.05, 3.63) is 0 Å². The van der Waals surface area contributed by atoms with Gasteiger partial charge < -0.3 is 14.6 Å². The average molecular weight is 167 g/mol. The summed E-state index contributed by atoms with van der Waals surface area (Å²) in [7, 11) is 0. The van der Waals surface area contributed by atoms with Gasteiger partial charge in [-0.3, -0.25) is 0 Å². The third-order valence-corrected chi connectivity index (χ3v) is 1.71. The summed E-state index contributed by atoms with van der Waals surface area (Å²) in [6.45, 7) is 1.03. The van der Waals surface area contributed by atoms with Crippen molar-refractivity contribution in [2.45, 2.75) is 12.2 Å². The molecule has 3 nitrogen and oxygen atoms in total. The standard InChI is InChI=1S/C6H11ClO3/c7-1-5-3-9-4-6(2-8)10-5/h5-6,8H,1-4H2/t5-,6-/m0/s1. The lowest BCUT2D eigenvalue weighted by atomic mass is 10.3. The van der Waals surface area contributed by atoms with Crippen LogP contribution in [-0.2, 0) is 9.47 Å². The van der Waals surface area contributed by atoms with Crippen LogP contribution in [0.1, 0.15) is 0 Å². The molecule has 0 aromatic heterocycles. The van der Waals surface area contributed by atoms with Crippen molar-refractivity contribution in [1.82, 2.24) is 0 Å². The van der Waals surface area contributed by atoms with E-state index in [1.807, 2.05) is 0 Å². The molecule has 0 aromatic rings. The molecule has 0 aromatic carbocycles. The van der Waals surface area contributed by atoms with Crippen molar-refractivity contribution in [3.8, 4) is 0 Å². The molecule has 0 aliphatic carbocycles. The summed E-state index contributed by atoms with van der Waals surface area (Å²) >= 11 is 5.52. The minimum atomic E-state index is -0.183. The first-order chi connectivity index (χ1) is 4.86. The van der Waals surface area contributed by atoms with E-state index in [1.165, 1.54) is 0 Å². The molecule has 4 heteroatoms. The molecular weight excluding hydrogens is 156 g/mol. The Morgan fingerprint density at radius 1 is 1.40 bits per heavy atom. The molecule has 1 fully saturated rings. The molecule has 10 heavy (non-hydrogen) atoms. The van der Waals surface area contributed by atoms with Gasteiger partial charge in [0, 0.05) is 0 Å². The number of alkyl halides is 1. The van der Waals surface area contributed by atoms with Gasteiger partial charge in [-0.1, -0.05) is 0 Å². The van der Waals surface area contributed by atoms with E-state index >= 15 is 0 Å². The van der Waals surface area contributed by atoms with Crippen molar-refractivity contribution >= 4 is 11.6 Å². The monoisotopic (exact) mass is 166 g/mol. The number of ether oxygens (including phenoxy) is 2. The molecule has 1 heterocycles. The molecule has 0 radical (unpaired) electrons. The van der Waals surface area contributed by atoms with Crippen LogP contribution in [0.15, 0.2) is 0 Å². The summed E-state index contributed by atoms with van der Waals surface area (Å²) < 4.78 is 10.4. The Morgan fingerprint density at radius 3 is 2.70 bits per heavy atom. The van der Waals surface area contributed by atoms with Crippen LogP contribution < -0.4 is 0 Å². The van der Waals surface area contributed by atoms with Gasteiger partial charge in [0.1, 0.15) is 6.10 Å². The highest BCUT2D eigenvalue weighted by Crippen LogP contribution is 2.08.